The summed E-state index contributed by atoms with van der Waals surface area (Å²) in [6.45, 7) is 1.53. The Balaban J connectivity index is 1.21. The first kappa shape index (κ1) is 19.6. The van der Waals surface area contributed by atoms with Gasteiger partial charge in [-0.3, -0.25) is 4.79 Å². The van der Waals surface area contributed by atoms with Crippen molar-refractivity contribution in [3.63, 3.8) is 0 Å². The molecule has 0 spiro atoms. The molecule has 29 heavy (non-hydrogen) atoms. The molecule has 7 nitrogen and oxygen atoms in total. The van der Waals surface area contributed by atoms with Crippen LogP contribution in [0.4, 0.5) is 5.82 Å². The van der Waals surface area contributed by atoms with Crippen LogP contribution < -0.4 is 10.1 Å². The first-order valence-corrected chi connectivity index (χ1v) is 10.8. The van der Waals surface area contributed by atoms with Gasteiger partial charge in [0, 0.05) is 37.9 Å². The number of nitrogens with zero attached hydrogens (tertiary/aromatic N) is 4. The molecule has 0 bridgehead atoms. The normalized spacial score (nSPS) is 14.9. The number of carbonyl (C=O) groups excluding carboxylic acids is 1. The van der Waals surface area contributed by atoms with Gasteiger partial charge in [0.1, 0.15) is 0 Å². The summed E-state index contributed by atoms with van der Waals surface area (Å²) in [5.41, 5.74) is 1.05. The van der Waals surface area contributed by atoms with Crippen LogP contribution >= 0.6 is 11.3 Å². The van der Waals surface area contributed by atoms with E-state index in [1.54, 1.807) is 30.8 Å². The van der Waals surface area contributed by atoms with Crippen molar-refractivity contribution in [3.8, 4) is 5.88 Å². The molecule has 152 valence electrons. The third-order valence-corrected chi connectivity index (χ3v) is 6.26. The number of hydrogen-bond acceptors (Lipinski definition) is 7. The molecule has 8 heteroatoms. The lowest BCUT2D eigenvalue weighted by Crippen LogP contribution is -2.42. The van der Waals surface area contributed by atoms with Crippen molar-refractivity contribution in [2.24, 2.45) is 0 Å². The highest BCUT2D eigenvalue weighted by atomic mass is 32.1. The Labute approximate surface area is 174 Å². The van der Waals surface area contributed by atoms with Crippen LogP contribution in [0, 0.1) is 0 Å². The van der Waals surface area contributed by atoms with E-state index in [2.05, 4.69) is 26.3 Å². The largest absolute Gasteiger partial charge is 0.478 e. The number of nitrogens with one attached hydrogen (secondary N) is 1. The number of benzene rings is 1. The molecule has 0 unspecified atom stereocenters. The van der Waals surface area contributed by atoms with E-state index in [0.29, 0.717) is 18.1 Å². The van der Waals surface area contributed by atoms with Gasteiger partial charge in [-0.1, -0.05) is 12.1 Å². The fourth-order valence-corrected chi connectivity index (χ4v) is 4.63. The number of likely N-dealkylation sites (tertiary alicyclic amines) is 1. The summed E-state index contributed by atoms with van der Waals surface area (Å²) in [6, 6.07) is 8.44. The van der Waals surface area contributed by atoms with E-state index in [0.717, 1.165) is 49.3 Å². The van der Waals surface area contributed by atoms with Crippen molar-refractivity contribution in [2.45, 2.75) is 38.1 Å². The van der Waals surface area contributed by atoms with E-state index in [4.69, 9.17) is 4.74 Å². The van der Waals surface area contributed by atoms with Gasteiger partial charge < -0.3 is 15.0 Å². The van der Waals surface area contributed by atoms with Gasteiger partial charge in [-0.25, -0.2) is 15.0 Å². The summed E-state index contributed by atoms with van der Waals surface area (Å²) >= 11 is 1.72. The molecule has 1 saturated heterocycles. The molecule has 1 N–H and O–H groups in total. The predicted octanol–water partition coefficient (Wildman–Crippen LogP) is 3.52. The maximum Gasteiger partial charge on any atom is 0.257 e. The summed E-state index contributed by atoms with van der Waals surface area (Å²) in [7, 11) is 1.59. The number of para-hydroxylation sites is 1. The van der Waals surface area contributed by atoms with Crippen molar-refractivity contribution < 1.29 is 9.53 Å². The summed E-state index contributed by atoms with van der Waals surface area (Å²) in [6.07, 6.45) is 7.32. The minimum Gasteiger partial charge on any atom is -0.478 e. The number of aromatic nitrogens is 3. The molecule has 0 atom stereocenters. The zero-order valence-electron chi connectivity index (χ0n) is 16.5. The van der Waals surface area contributed by atoms with Crippen molar-refractivity contribution in [2.75, 3.05) is 25.5 Å². The number of carbonyl (C=O) groups is 1. The standard InChI is InChI=1S/C21H25N5O2S/c1-28-21-20(22-11-12-23-21)24-15-9-13-26(14-10-15)19(27)8-4-7-18-25-16-5-2-3-6-17(16)29-18/h2-3,5-6,11-12,15H,4,7-10,13-14H2,1H3,(H,22,24). The molecule has 1 aliphatic heterocycles. The van der Waals surface area contributed by atoms with Crippen LogP contribution in [-0.2, 0) is 11.2 Å². The first-order valence-electron chi connectivity index (χ1n) is 9.96. The molecule has 1 fully saturated rings. The highest BCUT2D eigenvalue weighted by Gasteiger charge is 2.23. The highest BCUT2D eigenvalue weighted by molar-refractivity contribution is 7.18. The van der Waals surface area contributed by atoms with E-state index in [1.165, 1.54) is 4.70 Å². The van der Waals surface area contributed by atoms with E-state index in [9.17, 15) is 4.79 Å². The number of methoxy groups -OCH3 is 1. The summed E-state index contributed by atoms with van der Waals surface area (Å²) in [5.74, 6) is 1.40. The molecular formula is C21H25N5O2S. The molecule has 1 aromatic carbocycles. The van der Waals surface area contributed by atoms with Gasteiger partial charge in [-0.2, -0.15) is 0 Å². The molecule has 3 aromatic rings. The van der Waals surface area contributed by atoms with E-state index < -0.39 is 0 Å². The molecule has 4 rings (SSSR count). The second kappa shape index (κ2) is 9.17. The number of aryl methyl sites for hydroxylation is 1. The predicted molar refractivity (Wildman–Crippen MR) is 114 cm³/mol. The Bertz CT molecular complexity index is 935. The third-order valence-electron chi connectivity index (χ3n) is 5.17. The molecular weight excluding hydrogens is 386 g/mol. The van der Waals surface area contributed by atoms with Gasteiger partial charge in [-0.05, 0) is 37.8 Å². The Morgan fingerprint density at radius 3 is 2.83 bits per heavy atom. The van der Waals surface area contributed by atoms with Crippen LogP contribution in [-0.4, -0.2) is 52.0 Å². The average Bonchev–Trinajstić information content (AvgIpc) is 3.17. The maximum absolute atomic E-state index is 12.6. The van der Waals surface area contributed by atoms with Gasteiger partial charge in [0.05, 0.1) is 22.3 Å². The quantitative estimate of drug-likeness (QED) is 0.641. The Morgan fingerprint density at radius 1 is 1.24 bits per heavy atom. The number of rotatable bonds is 7. The topological polar surface area (TPSA) is 80.2 Å². The number of amides is 1. The zero-order chi connectivity index (χ0) is 20.1. The molecule has 3 heterocycles. The van der Waals surface area contributed by atoms with Crippen LogP contribution in [0.1, 0.15) is 30.7 Å². The summed E-state index contributed by atoms with van der Waals surface area (Å²) in [5, 5.41) is 4.50. The second-order valence-electron chi connectivity index (χ2n) is 7.14. The van der Waals surface area contributed by atoms with Crippen molar-refractivity contribution in [3.05, 3.63) is 41.7 Å². The third kappa shape index (κ3) is 4.82. The monoisotopic (exact) mass is 411 g/mol. The summed E-state index contributed by atoms with van der Waals surface area (Å²) < 4.78 is 6.45. The number of hydrogen-bond donors (Lipinski definition) is 1. The Morgan fingerprint density at radius 2 is 2.03 bits per heavy atom. The lowest BCUT2D eigenvalue weighted by Gasteiger charge is -2.32. The fraction of sp³-hybridized carbons (Fsp3) is 0.429. The van der Waals surface area contributed by atoms with Gasteiger partial charge >= 0.3 is 0 Å². The lowest BCUT2D eigenvalue weighted by molar-refractivity contribution is -0.132. The van der Waals surface area contributed by atoms with Gasteiger partial charge in [0.15, 0.2) is 5.82 Å². The van der Waals surface area contributed by atoms with Crippen molar-refractivity contribution in [1.29, 1.82) is 0 Å². The number of thiazole rings is 1. The average molecular weight is 412 g/mol. The molecule has 1 aliphatic rings. The van der Waals surface area contributed by atoms with Gasteiger partial charge in [0.25, 0.3) is 5.88 Å². The Hall–Kier alpha value is -2.74. The van der Waals surface area contributed by atoms with Gasteiger partial charge in [-0.15, -0.1) is 11.3 Å². The molecule has 2 aromatic heterocycles. The highest BCUT2D eigenvalue weighted by Crippen LogP contribution is 2.24. The minimum absolute atomic E-state index is 0.238. The smallest absolute Gasteiger partial charge is 0.257 e. The van der Waals surface area contributed by atoms with E-state index >= 15 is 0 Å². The second-order valence-corrected chi connectivity index (χ2v) is 8.26. The molecule has 0 radical (unpaired) electrons. The van der Waals surface area contributed by atoms with Crippen LogP contribution in [0.25, 0.3) is 10.2 Å². The molecule has 0 saturated carbocycles. The maximum atomic E-state index is 12.6. The molecule has 0 aliphatic carbocycles. The summed E-state index contributed by atoms with van der Waals surface area (Å²) in [4.78, 5) is 27.7. The van der Waals surface area contributed by atoms with E-state index in [1.807, 2.05) is 23.1 Å². The first-order chi connectivity index (χ1) is 14.2. The van der Waals surface area contributed by atoms with E-state index in [-0.39, 0.29) is 11.9 Å². The van der Waals surface area contributed by atoms with Crippen LogP contribution in [0.5, 0.6) is 5.88 Å². The molecule has 1 amide bonds. The van der Waals surface area contributed by atoms with Crippen LogP contribution in [0.3, 0.4) is 0 Å². The number of ether oxygens (including phenoxy) is 1. The SMILES string of the molecule is COc1nccnc1NC1CCN(C(=O)CCCc2nc3ccccc3s2)CC1. The number of anilines is 1. The fourth-order valence-electron chi connectivity index (χ4n) is 3.62. The Kier molecular flexibility index (Phi) is 6.19. The lowest BCUT2D eigenvalue weighted by atomic mass is 10.0. The van der Waals surface area contributed by atoms with Crippen LogP contribution in [0.15, 0.2) is 36.7 Å². The van der Waals surface area contributed by atoms with Crippen molar-refractivity contribution >= 4 is 33.3 Å². The zero-order valence-corrected chi connectivity index (χ0v) is 17.3. The number of piperidine rings is 1. The van der Waals surface area contributed by atoms with Gasteiger partial charge in [0.2, 0.25) is 5.91 Å². The van der Waals surface area contributed by atoms with Crippen LogP contribution in [0.2, 0.25) is 0 Å². The minimum atomic E-state index is 0.238. The van der Waals surface area contributed by atoms with Crippen molar-refractivity contribution in [1.82, 2.24) is 19.9 Å². The number of fused-ring (bicyclic) bond motifs is 1.